The fraction of sp³-hybridized carbons (Fsp3) is 0.250. The maximum Gasteiger partial charge on any atom is 0.269 e. The number of rotatable bonds is 6. The normalized spacial score (nSPS) is 15.0. The van der Waals surface area contributed by atoms with Crippen molar-refractivity contribution >= 4 is 35.2 Å². The molecule has 0 saturated carbocycles. The van der Waals surface area contributed by atoms with Crippen molar-refractivity contribution < 1.29 is 23.9 Å². The fourth-order valence-electron chi connectivity index (χ4n) is 2.73. The largest absolute Gasteiger partial charge is 0.493 e. The first-order chi connectivity index (χ1) is 14.0. The third kappa shape index (κ3) is 5.00. The van der Waals surface area contributed by atoms with Gasteiger partial charge >= 0.3 is 0 Å². The summed E-state index contributed by atoms with van der Waals surface area (Å²) in [6.45, 7) is 2.31. The van der Waals surface area contributed by atoms with Gasteiger partial charge in [0.15, 0.2) is 11.5 Å². The molecule has 0 fully saturated rings. The van der Waals surface area contributed by atoms with E-state index in [0.29, 0.717) is 23.7 Å². The second-order valence-electron chi connectivity index (χ2n) is 6.10. The van der Waals surface area contributed by atoms with Crippen molar-refractivity contribution in [2.45, 2.75) is 23.5 Å². The van der Waals surface area contributed by atoms with Crippen LogP contribution in [0.4, 0.5) is 5.69 Å². The summed E-state index contributed by atoms with van der Waals surface area (Å²) in [6.07, 6.45) is -0.0717. The van der Waals surface area contributed by atoms with Gasteiger partial charge in [0.2, 0.25) is 11.8 Å². The molecule has 152 valence electrons. The van der Waals surface area contributed by atoms with Crippen LogP contribution in [0.2, 0.25) is 0 Å². The molecular weight excluding hydrogens is 394 g/mol. The quantitative estimate of drug-likeness (QED) is 0.626. The maximum absolute atomic E-state index is 12.3. The highest BCUT2D eigenvalue weighted by molar-refractivity contribution is 8.01. The Balaban J connectivity index is 1.55. The molecule has 0 radical (unpaired) electrons. The van der Waals surface area contributed by atoms with Crippen LogP contribution in [0, 0.1) is 0 Å². The maximum atomic E-state index is 12.3. The lowest BCUT2D eigenvalue weighted by atomic mass is 10.2. The number of para-hydroxylation sites is 1. The van der Waals surface area contributed by atoms with E-state index in [0.717, 1.165) is 10.6 Å². The van der Waals surface area contributed by atoms with Crippen molar-refractivity contribution in [3.63, 3.8) is 0 Å². The van der Waals surface area contributed by atoms with E-state index >= 15 is 0 Å². The van der Waals surface area contributed by atoms with E-state index < -0.39 is 17.1 Å². The van der Waals surface area contributed by atoms with Crippen molar-refractivity contribution in [1.29, 1.82) is 0 Å². The van der Waals surface area contributed by atoms with Crippen molar-refractivity contribution in [3.8, 4) is 11.5 Å². The van der Waals surface area contributed by atoms with E-state index in [1.807, 2.05) is 31.2 Å². The van der Waals surface area contributed by atoms with Gasteiger partial charge in [-0.3, -0.25) is 25.2 Å². The third-order valence-electron chi connectivity index (χ3n) is 4.12. The summed E-state index contributed by atoms with van der Waals surface area (Å²) in [6, 6.07) is 12.1. The summed E-state index contributed by atoms with van der Waals surface area (Å²) in [5, 5.41) is 2.20. The zero-order valence-electron chi connectivity index (χ0n) is 16.0. The standard InChI is InChI=1S/C20H21N3O5S/c1-3-28-14-9-8-12(10-15(14)27-2)19(25)23-22-18(24)11-17-20(26)21-13-6-4-5-7-16(13)29-17/h4-10,17H,3,11H2,1-2H3,(H,21,26)(H,22,24)(H,23,25)/t17-/m1/s1. The Morgan fingerprint density at radius 2 is 1.93 bits per heavy atom. The zero-order chi connectivity index (χ0) is 20.8. The first-order valence-electron chi connectivity index (χ1n) is 8.98. The molecule has 29 heavy (non-hydrogen) atoms. The summed E-state index contributed by atoms with van der Waals surface area (Å²) in [5.41, 5.74) is 5.72. The number of nitrogens with one attached hydrogen (secondary N) is 3. The fourth-order valence-corrected chi connectivity index (χ4v) is 3.84. The van der Waals surface area contributed by atoms with Crippen LogP contribution in [0.25, 0.3) is 0 Å². The average molecular weight is 415 g/mol. The molecule has 0 spiro atoms. The Morgan fingerprint density at radius 1 is 1.14 bits per heavy atom. The second-order valence-corrected chi connectivity index (χ2v) is 7.34. The number of ether oxygens (including phenoxy) is 2. The van der Waals surface area contributed by atoms with Crippen molar-refractivity contribution in [2.24, 2.45) is 0 Å². The van der Waals surface area contributed by atoms with E-state index in [9.17, 15) is 14.4 Å². The lowest BCUT2D eigenvalue weighted by Crippen LogP contribution is -2.44. The number of thioether (sulfide) groups is 1. The molecule has 1 aliphatic heterocycles. The number of hydrogen-bond acceptors (Lipinski definition) is 6. The van der Waals surface area contributed by atoms with Crippen LogP contribution in [-0.4, -0.2) is 36.7 Å². The Labute approximate surface area is 172 Å². The van der Waals surface area contributed by atoms with Crippen molar-refractivity contribution in [3.05, 3.63) is 48.0 Å². The summed E-state index contributed by atoms with van der Waals surface area (Å²) in [5.74, 6) is -0.281. The first kappa shape index (κ1) is 20.5. The predicted octanol–water partition coefficient (Wildman–Crippen LogP) is 2.36. The van der Waals surface area contributed by atoms with Crippen LogP contribution in [0.15, 0.2) is 47.4 Å². The number of carbonyl (C=O) groups excluding carboxylic acids is 3. The Kier molecular flexibility index (Phi) is 6.61. The van der Waals surface area contributed by atoms with Crippen LogP contribution in [0.1, 0.15) is 23.7 Å². The van der Waals surface area contributed by atoms with E-state index in [2.05, 4.69) is 16.2 Å². The zero-order valence-corrected chi connectivity index (χ0v) is 16.8. The number of fused-ring (bicyclic) bond motifs is 1. The first-order valence-corrected chi connectivity index (χ1v) is 9.86. The van der Waals surface area contributed by atoms with Gasteiger partial charge in [-0.05, 0) is 37.3 Å². The molecule has 3 rings (SSSR count). The number of methoxy groups -OCH3 is 1. The topological polar surface area (TPSA) is 106 Å². The van der Waals surface area contributed by atoms with E-state index in [1.54, 1.807) is 12.1 Å². The molecular formula is C20H21N3O5S. The van der Waals surface area contributed by atoms with E-state index in [-0.39, 0.29) is 12.3 Å². The van der Waals surface area contributed by atoms with Crippen LogP contribution in [0.3, 0.4) is 0 Å². The van der Waals surface area contributed by atoms with Crippen LogP contribution >= 0.6 is 11.8 Å². The monoisotopic (exact) mass is 415 g/mol. The molecule has 9 heteroatoms. The molecule has 1 heterocycles. The Hall–Kier alpha value is -3.20. The van der Waals surface area contributed by atoms with Crippen LogP contribution in [-0.2, 0) is 9.59 Å². The molecule has 1 aliphatic rings. The molecule has 3 N–H and O–H groups in total. The van der Waals surface area contributed by atoms with Gasteiger partial charge in [-0.2, -0.15) is 0 Å². The molecule has 0 unspecified atom stereocenters. The highest BCUT2D eigenvalue weighted by Crippen LogP contribution is 2.36. The third-order valence-corrected chi connectivity index (χ3v) is 5.39. The van der Waals surface area contributed by atoms with Gasteiger partial charge in [-0.1, -0.05) is 12.1 Å². The summed E-state index contributed by atoms with van der Waals surface area (Å²) < 4.78 is 10.6. The molecule has 0 saturated heterocycles. The lowest BCUT2D eigenvalue weighted by Gasteiger charge is -2.23. The second kappa shape index (κ2) is 9.33. The average Bonchev–Trinajstić information content (AvgIpc) is 2.73. The number of carbonyl (C=O) groups is 3. The van der Waals surface area contributed by atoms with Gasteiger partial charge in [-0.15, -0.1) is 11.8 Å². The number of hydrazine groups is 1. The predicted molar refractivity (Wildman–Crippen MR) is 109 cm³/mol. The minimum atomic E-state index is -0.577. The van der Waals surface area contributed by atoms with E-state index in [1.165, 1.54) is 24.9 Å². The Morgan fingerprint density at radius 3 is 2.69 bits per heavy atom. The minimum Gasteiger partial charge on any atom is -0.493 e. The highest BCUT2D eigenvalue weighted by atomic mass is 32.2. The number of benzene rings is 2. The summed E-state index contributed by atoms with van der Waals surface area (Å²) in [7, 11) is 1.48. The molecule has 1 atom stereocenters. The van der Waals surface area contributed by atoms with Gasteiger partial charge in [0, 0.05) is 16.9 Å². The molecule has 0 aliphatic carbocycles. The number of anilines is 1. The van der Waals surface area contributed by atoms with Gasteiger partial charge < -0.3 is 14.8 Å². The molecule has 0 bridgehead atoms. The molecule has 0 aromatic heterocycles. The number of amides is 3. The van der Waals surface area contributed by atoms with Crippen LogP contribution < -0.4 is 25.6 Å². The molecule has 3 amide bonds. The minimum absolute atomic E-state index is 0.0717. The SMILES string of the molecule is CCOc1ccc(C(=O)NNC(=O)C[C@H]2Sc3ccccc3NC2=O)cc1OC. The van der Waals surface area contributed by atoms with Crippen molar-refractivity contribution in [2.75, 3.05) is 19.0 Å². The summed E-state index contributed by atoms with van der Waals surface area (Å²) >= 11 is 1.32. The molecule has 8 nitrogen and oxygen atoms in total. The van der Waals surface area contributed by atoms with Gasteiger partial charge in [0.25, 0.3) is 5.91 Å². The summed E-state index contributed by atoms with van der Waals surface area (Å²) in [4.78, 5) is 37.6. The van der Waals surface area contributed by atoms with Gasteiger partial charge in [0.1, 0.15) is 0 Å². The number of hydrogen-bond donors (Lipinski definition) is 3. The van der Waals surface area contributed by atoms with E-state index in [4.69, 9.17) is 9.47 Å². The van der Waals surface area contributed by atoms with Gasteiger partial charge in [-0.25, -0.2) is 0 Å². The van der Waals surface area contributed by atoms with Crippen molar-refractivity contribution in [1.82, 2.24) is 10.9 Å². The van der Waals surface area contributed by atoms with Crippen LogP contribution in [0.5, 0.6) is 11.5 Å². The van der Waals surface area contributed by atoms with Gasteiger partial charge in [0.05, 0.1) is 24.7 Å². The molecule has 2 aromatic carbocycles. The highest BCUT2D eigenvalue weighted by Gasteiger charge is 2.28. The Bertz CT molecular complexity index is 934. The molecule has 2 aromatic rings. The smallest absolute Gasteiger partial charge is 0.269 e. The lowest BCUT2D eigenvalue weighted by molar-refractivity contribution is -0.124.